The number of rotatable bonds is 11. The van der Waals surface area contributed by atoms with E-state index in [1.807, 2.05) is 32.0 Å². The number of Topliss-reactive ketones (excluding diaryl/α,β-unsaturated/α-hetero) is 1. The van der Waals surface area contributed by atoms with E-state index in [0.29, 0.717) is 22.7 Å². The number of ether oxygens (including phenoxy) is 2. The van der Waals surface area contributed by atoms with Crippen LogP contribution in [0.4, 0.5) is 11.4 Å². The Morgan fingerprint density at radius 3 is 2.14 bits per heavy atom. The Bertz CT molecular complexity index is 1280. The van der Waals surface area contributed by atoms with E-state index >= 15 is 0 Å². The van der Waals surface area contributed by atoms with E-state index in [1.54, 1.807) is 48.5 Å². The van der Waals surface area contributed by atoms with Gasteiger partial charge in [0, 0.05) is 29.8 Å². The van der Waals surface area contributed by atoms with Crippen LogP contribution in [0, 0.1) is 13.8 Å². The van der Waals surface area contributed by atoms with Crippen LogP contribution in [0.15, 0.2) is 66.7 Å². The van der Waals surface area contributed by atoms with Crippen molar-refractivity contribution in [1.82, 2.24) is 0 Å². The molecule has 3 aromatic carbocycles. The number of esters is 1. The van der Waals surface area contributed by atoms with Crippen LogP contribution in [0.2, 0.25) is 0 Å². The topological polar surface area (TPSA) is 111 Å². The summed E-state index contributed by atoms with van der Waals surface area (Å²) in [5.41, 5.74) is 3.86. The van der Waals surface area contributed by atoms with E-state index in [-0.39, 0.29) is 31.0 Å². The quantitative estimate of drug-likeness (QED) is 0.261. The average Bonchev–Trinajstić information content (AvgIpc) is 2.86. The summed E-state index contributed by atoms with van der Waals surface area (Å²) in [6.45, 7) is 5.04. The second kappa shape index (κ2) is 13.0. The zero-order chi connectivity index (χ0) is 26.8. The smallest absolute Gasteiger partial charge is 0.306 e. The Hall–Kier alpha value is -4.46. The Kier molecular flexibility index (Phi) is 9.55. The number of hydrogen-bond donors (Lipinski definition) is 2. The van der Waals surface area contributed by atoms with Gasteiger partial charge in [0.1, 0.15) is 11.5 Å². The molecule has 3 aromatic rings. The van der Waals surface area contributed by atoms with Crippen molar-refractivity contribution < 1.29 is 28.7 Å². The van der Waals surface area contributed by atoms with Gasteiger partial charge in [0.15, 0.2) is 12.4 Å². The monoisotopic (exact) mass is 502 g/mol. The highest BCUT2D eigenvalue weighted by Crippen LogP contribution is 2.25. The number of aryl methyl sites for hydroxylation is 2. The third kappa shape index (κ3) is 8.92. The predicted molar refractivity (Wildman–Crippen MR) is 141 cm³/mol. The molecule has 0 radical (unpaired) electrons. The van der Waals surface area contributed by atoms with Crippen LogP contribution in [0.3, 0.4) is 0 Å². The maximum atomic E-state index is 12.2. The number of amides is 2. The zero-order valence-electron chi connectivity index (χ0n) is 21.1. The standard InChI is InChI=1S/C29H30N2O6/c1-19-10-13-26(16-20(19)2)37-25-14-11-23(12-15-25)30-27(33)8-5-9-29(35)36-18-28(34)31-24-7-4-6-22(17-24)21(3)32/h4,6-7,10-17H,5,8-9,18H2,1-3H3,(H,30,33)(H,31,34). The first kappa shape index (κ1) is 27.1. The summed E-state index contributed by atoms with van der Waals surface area (Å²) in [6.07, 6.45) is 0.407. The first-order valence-electron chi connectivity index (χ1n) is 11.9. The maximum absolute atomic E-state index is 12.2. The second-order valence-corrected chi connectivity index (χ2v) is 8.62. The van der Waals surface area contributed by atoms with Crippen LogP contribution in [-0.4, -0.2) is 30.2 Å². The van der Waals surface area contributed by atoms with Crippen LogP contribution >= 0.6 is 0 Å². The first-order chi connectivity index (χ1) is 17.7. The Morgan fingerprint density at radius 1 is 0.730 bits per heavy atom. The van der Waals surface area contributed by atoms with Crippen molar-refractivity contribution >= 4 is 34.9 Å². The molecule has 0 saturated heterocycles. The molecule has 0 saturated carbocycles. The molecule has 37 heavy (non-hydrogen) atoms. The molecule has 0 aliphatic carbocycles. The normalized spacial score (nSPS) is 10.4. The second-order valence-electron chi connectivity index (χ2n) is 8.62. The Balaban J connectivity index is 1.34. The summed E-state index contributed by atoms with van der Waals surface area (Å²) in [7, 11) is 0. The minimum Gasteiger partial charge on any atom is -0.457 e. The summed E-state index contributed by atoms with van der Waals surface area (Å²) in [6, 6.07) is 19.4. The Labute approximate surface area is 216 Å². The van der Waals surface area contributed by atoms with Crippen molar-refractivity contribution in [3.63, 3.8) is 0 Å². The summed E-state index contributed by atoms with van der Waals surface area (Å²) >= 11 is 0. The Morgan fingerprint density at radius 2 is 1.43 bits per heavy atom. The predicted octanol–water partition coefficient (Wildman–Crippen LogP) is 5.59. The van der Waals surface area contributed by atoms with Crippen molar-refractivity contribution in [3.05, 3.63) is 83.4 Å². The number of carbonyl (C=O) groups is 4. The molecule has 0 bridgehead atoms. The van der Waals surface area contributed by atoms with Gasteiger partial charge in [0.2, 0.25) is 5.91 Å². The molecular weight excluding hydrogens is 472 g/mol. The molecule has 8 nitrogen and oxygen atoms in total. The fourth-order valence-corrected chi connectivity index (χ4v) is 3.37. The lowest BCUT2D eigenvalue weighted by atomic mass is 10.1. The summed E-state index contributed by atoms with van der Waals surface area (Å²) < 4.78 is 10.8. The van der Waals surface area contributed by atoms with Crippen molar-refractivity contribution in [2.45, 2.75) is 40.0 Å². The number of hydrogen-bond acceptors (Lipinski definition) is 6. The van der Waals surface area contributed by atoms with Crippen LogP contribution < -0.4 is 15.4 Å². The molecule has 0 atom stereocenters. The molecule has 0 aliphatic heterocycles. The molecule has 2 amide bonds. The lowest BCUT2D eigenvalue weighted by Crippen LogP contribution is -2.21. The molecule has 0 aliphatic rings. The van der Waals surface area contributed by atoms with Gasteiger partial charge in [0.25, 0.3) is 5.91 Å². The molecule has 3 rings (SSSR count). The van der Waals surface area contributed by atoms with Gasteiger partial charge in [-0.15, -0.1) is 0 Å². The number of anilines is 2. The number of nitrogens with one attached hydrogen (secondary N) is 2. The SMILES string of the molecule is CC(=O)c1cccc(NC(=O)COC(=O)CCCC(=O)Nc2ccc(Oc3ccc(C)c(C)c3)cc2)c1. The van der Waals surface area contributed by atoms with Crippen molar-refractivity contribution in [3.8, 4) is 11.5 Å². The van der Waals surface area contributed by atoms with E-state index in [4.69, 9.17) is 9.47 Å². The third-order valence-corrected chi connectivity index (χ3v) is 5.55. The number of ketones is 1. The van der Waals surface area contributed by atoms with Gasteiger partial charge in [-0.1, -0.05) is 18.2 Å². The minimum absolute atomic E-state index is 0.00324. The fraction of sp³-hybridized carbons (Fsp3) is 0.241. The van der Waals surface area contributed by atoms with E-state index in [1.165, 1.54) is 12.5 Å². The van der Waals surface area contributed by atoms with Gasteiger partial charge < -0.3 is 20.1 Å². The van der Waals surface area contributed by atoms with Crippen LogP contribution in [0.25, 0.3) is 0 Å². The van der Waals surface area contributed by atoms with Gasteiger partial charge >= 0.3 is 5.97 Å². The molecule has 8 heteroatoms. The summed E-state index contributed by atoms with van der Waals surface area (Å²) in [4.78, 5) is 47.5. The molecule has 192 valence electrons. The van der Waals surface area contributed by atoms with Crippen LogP contribution in [-0.2, 0) is 19.1 Å². The molecule has 2 N–H and O–H groups in total. The zero-order valence-corrected chi connectivity index (χ0v) is 21.1. The summed E-state index contributed by atoms with van der Waals surface area (Å²) in [5.74, 6) is -0.0551. The van der Waals surface area contributed by atoms with Crippen LogP contribution in [0.1, 0.15) is 47.7 Å². The summed E-state index contributed by atoms with van der Waals surface area (Å²) in [5, 5.41) is 5.35. The highest BCUT2D eigenvalue weighted by Gasteiger charge is 2.11. The molecule has 0 heterocycles. The molecular formula is C29H30N2O6. The third-order valence-electron chi connectivity index (χ3n) is 5.55. The fourth-order valence-electron chi connectivity index (χ4n) is 3.37. The van der Waals surface area contributed by atoms with Crippen molar-refractivity contribution in [1.29, 1.82) is 0 Å². The van der Waals surface area contributed by atoms with Crippen molar-refractivity contribution in [2.24, 2.45) is 0 Å². The largest absolute Gasteiger partial charge is 0.457 e. The highest BCUT2D eigenvalue weighted by atomic mass is 16.5. The lowest BCUT2D eigenvalue weighted by molar-refractivity contribution is -0.147. The molecule has 0 fully saturated rings. The maximum Gasteiger partial charge on any atom is 0.306 e. The number of carbonyl (C=O) groups excluding carboxylic acids is 4. The van der Waals surface area contributed by atoms with E-state index in [9.17, 15) is 19.2 Å². The van der Waals surface area contributed by atoms with Gasteiger partial charge in [0.05, 0.1) is 0 Å². The van der Waals surface area contributed by atoms with E-state index in [2.05, 4.69) is 10.6 Å². The molecule has 0 aromatic heterocycles. The molecule has 0 unspecified atom stereocenters. The highest BCUT2D eigenvalue weighted by molar-refractivity contribution is 5.97. The van der Waals surface area contributed by atoms with Gasteiger partial charge in [-0.2, -0.15) is 0 Å². The van der Waals surface area contributed by atoms with E-state index in [0.717, 1.165) is 11.3 Å². The lowest BCUT2D eigenvalue weighted by Gasteiger charge is -2.10. The first-order valence-corrected chi connectivity index (χ1v) is 11.9. The van der Waals surface area contributed by atoms with Crippen molar-refractivity contribution in [2.75, 3.05) is 17.2 Å². The van der Waals surface area contributed by atoms with Gasteiger partial charge in [-0.05, 0) is 86.8 Å². The van der Waals surface area contributed by atoms with Gasteiger partial charge in [-0.3, -0.25) is 19.2 Å². The molecule has 0 spiro atoms. The number of benzene rings is 3. The van der Waals surface area contributed by atoms with Gasteiger partial charge in [-0.25, -0.2) is 0 Å². The van der Waals surface area contributed by atoms with E-state index < -0.39 is 18.5 Å². The minimum atomic E-state index is -0.576. The van der Waals surface area contributed by atoms with Crippen LogP contribution in [0.5, 0.6) is 11.5 Å². The average molecular weight is 503 g/mol.